The number of carboxylic acid groups (broad SMARTS) is 1. The van der Waals surface area contributed by atoms with Gasteiger partial charge in [-0.3, -0.25) is 9.88 Å². The molecule has 5 heteroatoms. The molecular weight excluding hydrogens is 328 g/mol. The maximum Gasteiger partial charge on any atom is 0.336 e. The summed E-state index contributed by atoms with van der Waals surface area (Å²) in [5.41, 5.74) is 1.95. The fourth-order valence-electron chi connectivity index (χ4n) is 3.62. The van der Waals surface area contributed by atoms with E-state index in [1.165, 1.54) is 0 Å². The third-order valence-corrected chi connectivity index (χ3v) is 4.84. The molecule has 3 heterocycles. The molecule has 0 bridgehead atoms. The molecule has 4 rings (SSSR count). The van der Waals surface area contributed by atoms with Crippen molar-refractivity contribution in [2.24, 2.45) is 0 Å². The number of likely N-dealkylation sites (tertiary alicyclic amines) is 1. The summed E-state index contributed by atoms with van der Waals surface area (Å²) in [5.74, 6) is 0.475. The van der Waals surface area contributed by atoms with Crippen LogP contribution in [0.5, 0.6) is 0 Å². The number of pyridine rings is 1. The van der Waals surface area contributed by atoms with E-state index in [-0.39, 0.29) is 5.56 Å². The standard InChI is InChI=1S/C21H20N2O3/c24-21(25)17-7-2-1-6-16(17)20-11-10-15(26-20)14-23-13-5-9-19(23)18-8-3-4-12-22-18/h1-4,6-8,10-12,19H,5,9,13-14H2,(H,24,25)/t19-/m1/s1. The van der Waals surface area contributed by atoms with E-state index in [0.29, 0.717) is 23.9 Å². The van der Waals surface area contributed by atoms with Gasteiger partial charge >= 0.3 is 5.97 Å². The van der Waals surface area contributed by atoms with E-state index >= 15 is 0 Å². The summed E-state index contributed by atoms with van der Waals surface area (Å²) in [5, 5.41) is 9.37. The average molecular weight is 348 g/mol. The molecule has 0 aliphatic carbocycles. The summed E-state index contributed by atoms with van der Waals surface area (Å²) in [6, 6.07) is 17.0. The van der Waals surface area contributed by atoms with Crippen LogP contribution >= 0.6 is 0 Å². The first-order valence-electron chi connectivity index (χ1n) is 8.79. The Kier molecular flexibility index (Phi) is 4.54. The Morgan fingerprint density at radius 3 is 2.81 bits per heavy atom. The van der Waals surface area contributed by atoms with Gasteiger partial charge in [-0.15, -0.1) is 0 Å². The van der Waals surface area contributed by atoms with E-state index < -0.39 is 5.97 Å². The van der Waals surface area contributed by atoms with Crippen LogP contribution in [0.25, 0.3) is 11.3 Å². The van der Waals surface area contributed by atoms with E-state index in [1.54, 1.807) is 18.2 Å². The van der Waals surface area contributed by atoms with Gasteiger partial charge in [0.25, 0.3) is 0 Å². The van der Waals surface area contributed by atoms with Gasteiger partial charge in [0, 0.05) is 11.8 Å². The molecule has 0 saturated carbocycles. The SMILES string of the molecule is O=C(O)c1ccccc1-c1ccc(CN2CCC[C@@H]2c2ccccn2)o1. The van der Waals surface area contributed by atoms with Gasteiger partial charge < -0.3 is 9.52 Å². The molecule has 1 fully saturated rings. The summed E-state index contributed by atoms with van der Waals surface area (Å²) in [6.07, 6.45) is 4.06. The molecule has 1 aromatic carbocycles. The Morgan fingerprint density at radius 1 is 1.15 bits per heavy atom. The monoisotopic (exact) mass is 348 g/mol. The Hall–Kier alpha value is -2.92. The van der Waals surface area contributed by atoms with Gasteiger partial charge in [-0.25, -0.2) is 4.79 Å². The first-order valence-corrected chi connectivity index (χ1v) is 8.79. The molecule has 0 radical (unpaired) electrons. The minimum absolute atomic E-state index is 0.251. The molecule has 2 aromatic heterocycles. The second-order valence-corrected chi connectivity index (χ2v) is 6.50. The van der Waals surface area contributed by atoms with Crippen molar-refractivity contribution in [2.45, 2.75) is 25.4 Å². The lowest BCUT2D eigenvalue weighted by atomic mass is 10.1. The summed E-state index contributed by atoms with van der Waals surface area (Å²) >= 11 is 0. The number of nitrogens with zero attached hydrogens (tertiary/aromatic N) is 2. The van der Waals surface area contributed by atoms with Crippen molar-refractivity contribution in [2.75, 3.05) is 6.54 Å². The minimum Gasteiger partial charge on any atom is -0.478 e. The van der Waals surface area contributed by atoms with Crippen LogP contribution in [0.15, 0.2) is 65.2 Å². The molecule has 5 nitrogen and oxygen atoms in total. The highest BCUT2D eigenvalue weighted by Crippen LogP contribution is 2.33. The Balaban J connectivity index is 1.55. The predicted octanol–water partition coefficient (Wildman–Crippen LogP) is 4.38. The van der Waals surface area contributed by atoms with Gasteiger partial charge in [0.05, 0.1) is 23.8 Å². The number of hydrogen-bond donors (Lipinski definition) is 1. The van der Waals surface area contributed by atoms with Gasteiger partial charge in [-0.1, -0.05) is 24.3 Å². The number of carboxylic acids is 1. The number of hydrogen-bond acceptors (Lipinski definition) is 4. The quantitative estimate of drug-likeness (QED) is 0.741. The molecule has 132 valence electrons. The van der Waals surface area contributed by atoms with Gasteiger partial charge in [-0.2, -0.15) is 0 Å². The van der Waals surface area contributed by atoms with Gasteiger partial charge in [0.1, 0.15) is 11.5 Å². The van der Waals surface area contributed by atoms with Crippen LogP contribution in [0.2, 0.25) is 0 Å². The molecule has 0 unspecified atom stereocenters. The number of furan rings is 1. The van der Waals surface area contributed by atoms with Gasteiger partial charge in [0.2, 0.25) is 0 Å². The van der Waals surface area contributed by atoms with Gasteiger partial charge in [0.15, 0.2) is 0 Å². The minimum atomic E-state index is -0.951. The number of aromatic nitrogens is 1. The smallest absolute Gasteiger partial charge is 0.336 e. The van der Waals surface area contributed by atoms with Gasteiger partial charge in [-0.05, 0) is 49.7 Å². The van der Waals surface area contributed by atoms with Crippen LogP contribution < -0.4 is 0 Å². The zero-order valence-corrected chi connectivity index (χ0v) is 14.3. The van der Waals surface area contributed by atoms with E-state index in [1.807, 2.05) is 36.5 Å². The molecule has 0 spiro atoms. The molecule has 1 N–H and O–H groups in total. The first-order chi connectivity index (χ1) is 12.7. The zero-order valence-electron chi connectivity index (χ0n) is 14.3. The molecular formula is C21H20N2O3. The van der Waals surface area contributed by atoms with Crippen molar-refractivity contribution in [1.29, 1.82) is 0 Å². The maximum absolute atomic E-state index is 11.4. The van der Waals surface area contributed by atoms with Crippen LogP contribution in [0.4, 0.5) is 0 Å². The maximum atomic E-state index is 11.4. The number of carbonyl (C=O) groups is 1. The second-order valence-electron chi connectivity index (χ2n) is 6.50. The highest BCUT2D eigenvalue weighted by atomic mass is 16.4. The molecule has 1 aliphatic rings. The zero-order chi connectivity index (χ0) is 17.9. The van der Waals surface area contributed by atoms with Crippen LogP contribution in [-0.2, 0) is 6.54 Å². The Bertz CT molecular complexity index is 904. The summed E-state index contributed by atoms with van der Waals surface area (Å²) in [7, 11) is 0. The molecule has 1 atom stereocenters. The normalized spacial score (nSPS) is 17.5. The van der Waals surface area contributed by atoms with Crippen molar-refractivity contribution in [3.63, 3.8) is 0 Å². The first kappa shape index (κ1) is 16.5. The second kappa shape index (κ2) is 7.14. The number of aromatic carboxylic acids is 1. The van der Waals surface area contributed by atoms with Crippen molar-refractivity contribution in [3.05, 3.63) is 77.8 Å². The lowest BCUT2D eigenvalue weighted by Gasteiger charge is -2.22. The van der Waals surface area contributed by atoms with Crippen molar-refractivity contribution in [1.82, 2.24) is 9.88 Å². The highest BCUT2D eigenvalue weighted by molar-refractivity contribution is 5.95. The van der Waals surface area contributed by atoms with Crippen molar-refractivity contribution < 1.29 is 14.3 Å². The van der Waals surface area contributed by atoms with E-state index in [0.717, 1.165) is 30.8 Å². The topological polar surface area (TPSA) is 66.6 Å². The number of rotatable bonds is 5. The number of benzene rings is 1. The third kappa shape index (κ3) is 3.26. The van der Waals surface area contributed by atoms with Crippen LogP contribution in [0.3, 0.4) is 0 Å². The summed E-state index contributed by atoms with van der Waals surface area (Å²) < 4.78 is 5.98. The highest BCUT2D eigenvalue weighted by Gasteiger charge is 2.27. The summed E-state index contributed by atoms with van der Waals surface area (Å²) in [6.45, 7) is 1.69. The molecule has 0 amide bonds. The van der Waals surface area contributed by atoms with Crippen molar-refractivity contribution in [3.8, 4) is 11.3 Å². The fraction of sp³-hybridized carbons (Fsp3) is 0.238. The van der Waals surface area contributed by atoms with Crippen LogP contribution in [-0.4, -0.2) is 27.5 Å². The Morgan fingerprint density at radius 2 is 2.00 bits per heavy atom. The molecule has 3 aromatic rings. The predicted molar refractivity (Wildman–Crippen MR) is 97.7 cm³/mol. The average Bonchev–Trinajstić information content (AvgIpc) is 3.32. The lowest BCUT2D eigenvalue weighted by molar-refractivity contribution is 0.0697. The largest absolute Gasteiger partial charge is 0.478 e. The molecule has 26 heavy (non-hydrogen) atoms. The van der Waals surface area contributed by atoms with E-state index in [2.05, 4.69) is 16.0 Å². The van der Waals surface area contributed by atoms with E-state index in [4.69, 9.17) is 4.42 Å². The third-order valence-electron chi connectivity index (χ3n) is 4.84. The van der Waals surface area contributed by atoms with Crippen LogP contribution in [0.1, 0.15) is 40.7 Å². The van der Waals surface area contributed by atoms with Crippen molar-refractivity contribution >= 4 is 5.97 Å². The molecule has 1 aliphatic heterocycles. The fourth-order valence-corrected chi connectivity index (χ4v) is 3.62. The molecule has 1 saturated heterocycles. The summed E-state index contributed by atoms with van der Waals surface area (Å²) in [4.78, 5) is 18.3. The Labute approximate surface area is 151 Å². The lowest BCUT2D eigenvalue weighted by Crippen LogP contribution is -2.23. The van der Waals surface area contributed by atoms with E-state index in [9.17, 15) is 9.90 Å². The van der Waals surface area contributed by atoms with Crippen LogP contribution in [0, 0.1) is 0 Å².